The zero-order valence-corrected chi connectivity index (χ0v) is 12.2. The van der Waals surface area contributed by atoms with Gasteiger partial charge < -0.3 is 14.6 Å². The van der Waals surface area contributed by atoms with E-state index in [4.69, 9.17) is 9.84 Å². The Bertz CT molecular complexity index is 685. The zero-order chi connectivity index (χ0) is 15.4. The number of imidazole rings is 1. The highest BCUT2D eigenvalue weighted by Crippen LogP contribution is 2.24. The summed E-state index contributed by atoms with van der Waals surface area (Å²) in [6, 6.07) is 3.34. The molecule has 2 aromatic heterocycles. The van der Waals surface area contributed by atoms with Gasteiger partial charge in [0.15, 0.2) is 10.8 Å². The lowest BCUT2D eigenvalue weighted by atomic mass is 10.4. The van der Waals surface area contributed by atoms with E-state index in [1.807, 2.05) is 0 Å². The van der Waals surface area contributed by atoms with E-state index in [0.717, 1.165) is 11.8 Å². The van der Waals surface area contributed by atoms with Crippen molar-refractivity contribution >= 4 is 34.9 Å². The lowest BCUT2D eigenvalue weighted by molar-refractivity contribution is -0.141. The molecule has 1 N–H and O–H groups in total. The third-order valence-electron chi connectivity index (χ3n) is 2.58. The molecule has 0 saturated carbocycles. The Kier molecular flexibility index (Phi) is 4.63. The second-order valence-corrected chi connectivity index (χ2v) is 4.88. The molecule has 0 unspecified atom stereocenters. The number of rotatable bonds is 6. The number of nitrogens with zero attached hydrogens (tertiary/aromatic N) is 3. The average molecular weight is 311 g/mol. The van der Waals surface area contributed by atoms with Crippen molar-refractivity contribution in [1.29, 1.82) is 0 Å². The number of fused-ring (bicyclic) bond motifs is 1. The molecule has 2 aromatic rings. The minimum Gasteiger partial charge on any atom is -0.481 e. The summed E-state index contributed by atoms with van der Waals surface area (Å²) >= 11 is 1.01. The monoisotopic (exact) mass is 311 g/mol. The molecule has 8 nitrogen and oxygen atoms in total. The van der Waals surface area contributed by atoms with Crippen molar-refractivity contribution in [3.63, 3.8) is 0 Å². The zero-order valence-electron chi connectivity index (χ0n) is 11.4. The van der Waals surface area contributed by atoms with Gasteiger partial charge in [-0.1, -0.05) is 11.8 Å². The fourth-order valence-electron chi connectivity index (χ4n) is 1.65. The maximum absolute atomic E-state index is 11.5. The summed E-state index contributed by atoms with van der Waals surface area (Å²) in [5.41, 5.74) is 0.986. The van der Waals surface area contributed by atoms with Crippen LogP contribution in [-0.2, 0) is 20.9 Å². The smallest absolute Gasteiger partial charge is 0.325 e. The summed E-state index contributed by atoms with van der Waals surface area (Å²) in [4.78, 5) is 30.7. The van der Waals surface area contributed by atoms with E-state index in [0.29, 0.717) is 22.2 Å². The molecule has 2 rings (SSSR count). The van der Waals surface area contributed by atoms with Gasteiger partial charge in [0.05, 0.1) is 20.0 Å². The molecule has 0 aliphatic rings. The SMILES string of the molecule is COC(=O)Cn1c(SCC(=O)O)nc2ccc(OC)nc21. The minimum atomic E-state index is -0.970. The molecule has 9 heteroatoms. The van der Waals surface area contributed by atoms with Gasteiger partial charge in [0.2, 0.25) is 5.88 Å². The lowest BCUT2D eigenvalue weighted by Gasteiger charge is -2.06. The number of carbonyl (C=O) groups is 2. The maximum Gasteiger partial charge on any atom is 0.325 e. The number of carbonyl (C=O) groups excluding carboxylic acids is 1. The van der Waals surface area contributed by atoms with Crippen LogP contribution in [0.25, 0.3) is 11.2 Å². The van der Waals surface area contributed by atoms with Crippen molar-refractivity contribution in [1.82, 2.24) is 14.5 Å². The first-order valence-electron chi connectivity index (χ1n) is 5.88. The van der Waals surface area contributed by atoms with E-state index in [1.54, 1.807) is 12.1 Å². The fraction of sp³-hybridized carbons (Fsp3) is 0.333. The van der Waals surface area contributed by atoms with Crippen molar-refractivity contribution in [2.75, 3.05) is 20.0 Å². The molecule has 0 aromatic carbocycles. The Morgan fingerprint density at radius 3 is 2.71 bits per heavy atom. The van der Waals surface area contributed by atoms with E-state index in [-0.39, 0.29) is 12.3 Å². The van der Waals surface area contributed by atoms with Gasteiger partial charge in [-0.3, -0.25) is 14.2 Å². The van der Waals surface area contributed by atoms with Gasteiger partial charge in [0.25, 0.3) is 0 Å². The summed E-state index contributed by atoms with van der Waals surface area (Å²) in [7, 11) is 2.76. The molecule has 112 valence electrons. The van der Waals surface area contributed by atoms with Gasteiger partial charge in [-0.2, -0.15) is 4.98 Å². The number of aliphatic carboxylic acids is 1. The van der Waals surface area contributed by atoms with Gasteiger partial charge in [-0.25, -0.2) is 4.98 Å². The number of aromatic nitrogens is 3. The largest absolute Gasteiger partial charge is 0.481 e. The summed E-state index contributed by atoms with van der Waals surface area (Å²) in [5, 5.41) is 9.15. The maximum atomic E-state index is 11.5. The van der Waals surface area contributed by atoms with E-state index < -0.39 is 11.9 Å². The van der Waals surface area contributed by atoms with Crippen LogP contribution < -0.4 is 4.74 Å². The van der Waals surface area contributed by atoms with Crippen molar-refractivity contribution in [2.24, 2.45) is 0 Å². The predicted octanol–water partition coefficient (Wildman–Crippen LogP) is 0.790. The topological polar surface area (TPSA) is 104 Å². The third kappa shape index (κ3) is 3.43. The number of hydrogen-bond acceptors (Lipinski definition) is 7. The van der Waals surface area contributed by atoms with Crippen molar-refractivity contribution < 1.29 is 24.2 Å². The summed E-state index contributed by atoms with van der Waals surface area (Å²) in [5.74, 6) is -1.23. The molecule has 0 atom stereocenters. The molecule has 0 aliphatic heterocycles. The number of esters is 1. The highest BCUT2D eigenvalue weighted by molar-refractivity contribution is 7.99. The predicted molar refractivity (Wildman–Crippen MR) is 74.5 cm³/mol. The number of thioether (sulfide) groups is 1. The number of hydrogen-bond donors (Lipinski definition) is 1. The van der Waals surface area contributed by atoms with Crippen molar-refractivity contribution in [3.8, 4) is 5.88 Å². The number of methoxy groups -OCH3 is 2. The van der Waals surface area contributed by atoms with E-state index >= 15 is 0 Å². The van der Waals surface area contributed by atoms with Crippen LogP contribution in [0.15, 0.2) is 17.3 Å². The van der Waals surface area contributed by atoms with Crippen LogP contribution in [0.1, 0.15) is 0 Å². The molecule has 0 amide bonds. The van der Waals surface area contributed by atoms with Gasteiger partial charge in [0, 0.05) is 6.07 Å². The highest BCUT2D eigenvalue weighted by Gasteiger charge is 2.17. The van der Waals surface area contributed by atoms with Gasteiger partial charge in [-0.05, 0) is 6.07 Å². The second-order valence-electron chi connectivity index (χ2n) is 3.94. The van der Waals surface area contributed by atoms with Crippen LogP contribution in [0, 0.1) is 0 Å². The Morgan fingerprint density at radius 2 is 2.10 bits per heavy atom. The quantitative estimate of drug-likeness (QED) is 0.617. The number of ether oxygens (including phenoxy) is 2. The Labute approximate surface area is 124 Å². The normalized spacial score (nSPS) is 10.6. The Morgan fingerprint density at radius 1 is 1.33 bits per heavy atom. The first-order chi connectivity index (χ1) is 10.0. The van der Waals surface area contributed by atoms with E-state index in [2.05, 4.69) is 14.7 Å². The summed E-state index contributed by atoms with van der Waals surface area (Å²) in [6.45, 7) is -0.102. The highest BCUT2D eigenvalue weighted by atomic mass is 32.2. The standard InChI is InChI=1S/C12H13N3O5S/c1-19-8-4-3-7-11(14-8)15(5-10(18)20-2)12(13-7)21-6-9(16)17/h3-4H,5-6H2,1-2H3,(H,16,17). The van der Waals surface area contributed by atoms with Gasteiger partial charge >= 0.3 is 11.9 Å². The van der Waals surface area contributed by atoms with Crippen molar-refractivity contribution in [2.45, 2.75) is 11.7 Å². The van der Waals surface area contributed by atoms with Crippen LogP contribution in [0.2, 0.25) is 0 Å². The number of carboxylic acids is 1. The number of carboxylic acid groups (broad SMARTS) is 1. The molecule has 0 bridgehead atoms. The summed E-state index contributed by atoms with van der Waals surface area (Å²) < 4.78 is 11.2. The molecule has 0 fully saturated rings. The third-order valence-corrected chi connectivity index (χ3v) is 3.54. The molecular formula is C12H13N3O5S. The van der Waals surface area contributed by atoms with Crippen LogP contribution in [0.4, 0.5) is 0 Å². The molecule has 21 heavy (non-hydrogen) atoms. The fourth-order valence-corrected chi connectivity index (χ4v) is 2.37. The first-order valence-corrected chi connectivity index (χ1v) is 6.86. The van der Waals surface area contributed by atoms with Gasteiger partial charge in [0.1, 0.15) is 12.1 Å². The first kappa shape index (κ1) is 15.1. The average Bonchev–Trinajstić information content (AvgIpc) is 2.82. The second kappa shape index (κ2) is 6.44. The Balaban J connectivity index is 2.46. The van der Waals surface area contributed by atoms with Crippen LogP contribution in [0.5, 0.6) is 5.88 Å². The van der Waals surface area contributed by atoms with Crippen molar-refractivity contribution in [3.05, 3.63) is 12.1 Å². The molecule has 0 aliphatic carbocycles. The molecule has 0 spiro atoms. The minimum absolute atomic E-state index is 0.102. The molecule has 2 heterocycles. The lowest BCUT2D eigenvalue weighted by Crippen LogP contribution is -2.13. The van der Waals surface area contributed by atoms with Gasteiger partial charge in [-0.15, -0.1) is 0 Å². The van der Waals surface area contributed by atoms with E-state index in [9.17, 15) is 9.59 Å². The molecule has 0 radical (unpaired) electrons. The molecular weight excluding hydrogens is 298 g/mol. The van der Waals surface area contributed by atoms with Crippen LogP contribution >= 0.6 is 11.8 Å². The molecule has 0 saturated heterocycles. The number of pyridine rings is 1. The van der Waals surface area contributed by atoms with E-state index in [1.165, 1.54) is 18.8 Å². The Hall–Kier alpha value is -2.29. The van der Waals surface area contributed by atoms with Crippen LogP contribution in [0.3, 0.4) is 0 Å². The summed E-state index contributed by atoms with van der Waals surface area (Å²) in [6.07, 6.45) is 0. The van der Waals surface area contributed by atoms with Crippen LogP contribution in [-0.4, -0.2) is 51.6 Å².